The summed E-state index contributed by atoms with van der Waals surface area (Å²) < 4.78 is 16.7. The summed E-state index contributed by atoms with van der Waals surface area (Å²) in [5, 5.41) is 7.63. The molecule has 0 saturated carbocycles. The normalized spacial score (nSPS) is 14.9. The number of rotatable bonds is 7. The Bertz CT molecular complexity index is 1550. The van der Waals surface area contributed by atoms with Crippen molar-refractivity contribution in [2.75, 3.05) is 21.3 Å². The molecule has 0 radical (unpaired) electrons. The Balaban J connectivity index is 1.72. The lowest BCUT2D eigenvalue weighted by molar-refractivity contribution is -0.132. The molecule has 4 aromatic rings. The second-order valence-corrected chi connectivity index (χ2v) is 9.65. The number of hydrogen-bond acceptors (Lipinski definition) is 6. The van der Waals surface area contributed by atoms with Crippen LogP contribution < -0.4 is 14.2 Å². The largest absolute Gasteiger partial charge is 0.493 e. The summed E-state index contributed by atoms with van der Waals surface area (Å²) in [6.07, 6.45) is 0.849. The highest BCUT2D eigenvalue weighted by Gasteiger charge is 2.35. The van der Waals surface area contributed by atoms with Crippen LogP contribution in [0, 0.1) is 13.8 Å². The van der Waals surface area contributed by atoms with Crippen LogP contribution in [0.1, 0.15) is 48.2 Å². The van der Waals surface area contributed by atoms with E-state index in [4.69, 9.17) is 24.3 Å². The van der Waals surface area contributed by atoms with Gasteiger partial charge in [-0.15, -0.1) is 0 Å². The van der Waals surface area contributed by atoms with E-state index in [0.29, 0.717) is 30.1 Å². The van der Waals surface area contributed by atoms with Gasteiger partial charge in [-0.1, -0.05) is 48.9 Å². The van der Waals surface area contributed by atoms with Gasteiger partial charge in [-0.3, -0.25) is 9.78 Å². The molecule has 3 aromatic carbocycles. The van der Waals surface area contributed by atoms with Crippen molar-refractivity contribution in [3.05, 3.63) is 83.0 Å². The minimum atomic E-state index is -0.336. The highest BCUT2D eigenvalue weighted by Crippen LogP contribution is 2.44. The maximum atomic E-state index is 13.2. The van der Waals surface area contributed by atoms with Gasteiger partial charge in [0.25, 0.3) is 0 Å². The Labute approximate surface area is 229 Å². The van der Waals surface area contributed by atoms with E-state index in [1.165, 1.54) is 0 Å². The molecule has 1 aromatic heterocycles. The number of aromatic nitrogens is 1. The number of hydrogen-bond donors (Lipinski definition) is 0. The van der Waals surface area contributed by atoms with Gasteiger partial charge in [0, 0.05) is 35.0 Å². The Hall–Kier alpha value is -4.39. The summed E-state index contributed by atoms with van der Waals surface area (Å²) in [7, 11) is 4.75. The van der Waals surface area contributed by atoms with Crippen molar-refractivity contribution < 1.29 is 19.0 Å². The maximum absolute atomic E-state index is 13.2. The Kier molecular flexibility index (Phi) is 7.24. The van der Waals surface area contributed by atoms with Gasteiger partial charge in [-0.25, -0.2) is 5.01 Å². The van der Waals surface area contributed by atoms with Gasteiger partial charge in [-0.2, -0.15) is 5.10 Å². The van der Waals surface area contributed by atoms with E-state index in [1.54, 1.807) is 26.3 Å². The van der Waals surface area contributed by atoms with Crippen LogP contribution in [0.2, 0.25) is 0 Å². The zero-order valence-electron chi connectivity index (χ0n) is 23.2. The molecule has 0 spiro atoms. The van der Waals surface area contributed by atoms with E-state index in [9.17, 15) is 4.79 Å². The molecule has 1 aliphatic rings. The van der Waals surface area contributed by atoms with Crippen LogP contribution >= 0.6 is 0 Å². The van der Waals surface area contributed by atoms with E-state index in [1.807, 2.05) is 44.2 Å². The van der Waals surface area contributed by atoms with Crippen LogP contribution in [-0.2, 0) is 4.79 Å². The van der Waals surface area contributed by atoms with Crippen LogP contribution in [0.5, 0.6) is 17.2 Å². The molecular weight excluding hydrogens is 490 g/mol. The molecule has 1 atom stereocenters. The first-order valence-electron chi connectivity index (χ1n) is 13.1. The summed E-state index contributed by atoms with van der Waals surface area (Å²) in [5.41, 5.74) is 7.76. The molecule has 0 fully saturated rings. The third-order valence-corrected chi connectivity index (χ3v) is 7.21. The first-order valence-corrected chi connectivity index (χ1v) is 13.1. The second kappa shape index (κ2) is 10.8. The van der Waals surface area contributed by atoms with Crippen LogP contribution in [0.3, 0.4) is 0 Å². The summed E-state index contributed by atoms with van der Waals surface area (Å²) in [5.74, 6) is 1.52. The van der Waals surface area contributed by atoms with Crippen molar-refractivity contribution in [1.29, 1.82) is 0 Å². The van der Waals surface area contributed by atoms with Gasteiger partial charge in [0.1, 0.15) is 0 Å². The van der Waals surface area contributed by atoms with Gasteiger partial charge < -0.3 is 14.2 Å². The molecule has 0 N–H and O–H groups in total. The number of aryl methyl sites for hydroxylation is 2. The van der Waals surface area contributed by atoms with Gasteiger partial charge in [0.15, 0.2) is 11.5 Å². The van der Waals surface area contributed by atoms with E-state index in [-0.39, 0.29) is 11.9 Å². The van der Waals surface area contributed by atoms with Crippen molar-refractivity contribution in [3.8, 4) is 28.4 Å². The molecule has 0 aliphatic carbocycles. The van der Waals surface area contributed by atoms with Crippen molar-refractivity contribution in [3.63, 3.8) is 0 Å². The lowest BCUT2D eigenvalue weighted by atomic mass is 9.88. The highest BCUT2D eigenvalue weighted by molar-refractivity contribution is 6.14. The predicted octanol–water partition coefficient (Wildman–Crippen LogP) is 6.63. The molecule has 0 saturated heterocycles. The smallest absolute Gasteiger partial charge is 0.242 e. The zero-order chi connectivity index (χ0) is 27.7. The standard InChI is InChI=1S/C32H33N3O4/c1-7-29(36)35-26(22-16-27(37-4)32(39-6)28(17-22)38-5)18-25(34-35)30-20(3)33-24-14-13-19(2)15-23(24)31(30)21-11-9-8-10-12-21/h8-17,26H,7,18H2,1-6H3/t26-/m0/s1. The fourth-order valence-electron chi connectivity index (χ4n) is 5.36. The zero-order valence-corrected chi connectivity index (χ0v) is 23.2. The molecule has 0 unspecified atom stereocenters. The van der Waals surface area contributed by atoms with Crippen LogP contribution in [-0.4, -0.2) is 42.9 Å². The van der Waals surface area contributed by atoms with Gasteiger partial charge in [0.2, 0.25) is 11.7 Å². The number of carbonyl (C=O) groups is 1. The minimum absolute atomic E-state index is 0.0627. The third-order valence-electron chi connectivity index (χ3n) is 7.21. The minimum Gasteiger partial charge on any atom is -0.493 e. The van der Waals surface area contributed by atoms with Crippen LogP contribution in [0.15, 0.2) is 65.8 Å². The summed E-state index contributed by atoms with van der Waals surface area (Å²) >= 11 is 0. The number of benzene rings is 3. The SMILES string of the molecule is CCC(=O)N1N=C(c2c(C)nc3ccc(C)cc3c2-c2ccccc2)C[C@H]1c1cc(OC)c(OC)c(OC)c1. The molecule has 0 bridgehead atoms. The van der Waals surface area contributed by atoms with Crippen LogP contribution in [0.25, 0.3) is 22.0 Å². The van der Waals surface area contributed by atoms with E-state index in [0.717, 1.165) is 50.1 Å². The number of amides is 1. The Morgan fingerprint density at radius 3 is 2.23 bits per heavy atom. The van der Waals surface area contributed by atoms with Crippen LogP contribution in [0.4, 0.5) is 0 Å². The quantitative estimate of drug-likeness (QED) is 0.272. The van der Waals surface area contributed by atoms with Crippen molar-refractivity contribution >= 4 is 22.5 Å². The summed E-state index contributed by atoms with van der Waals surface area (Å²) in [6, 6.07) is 20.1. The molecule has 2 heterocycles. The fraction of sp³-hybridized carbons (Fsp3) is 0.281. The van der Waals surface area contributed by atoms with Gasteiger partial charge in [-0.05, 0) is 49.2 Å². The first kappa shape index (κ1) is 26.2. The monoisotopic (exact) mass is 523 g/mol. The molecular formula is C32H33N3O4. The molecule has 5 rings (SSSR count). The molecule has 200 valence electrons. The summed E-state index contributed by atoms with van der Waals surface area (Å²) in [6.45, 7) is 5.95. The number of methoxy groups -OCH3 is 3. The average molecular weight is 524 g/mol. The van der Waals surface area contributed by atoms with Crippen molar-refractivity contribution in [1.82, 2.24) is 9.99 Å². The van der Waals surface area contributed by atoms with Gasteiger partial charge >= 0.3 is 0 Å². The Morgan fingerprint density at radius 1 is 0.923 bits per heavy atom. The number of fused-ring (bicyclic) bond motifs is 1. The average Bonchev–Trinajstić information content (AvgIpc) is 3.41. The lowest BCUT2D eigenvalue weighted by Crippen LogP contribution is -2.26. The summed E-state index contributed by atoms with van der Waals surface area (Å²) in [4.78, 5) is 18.2. The molecule has 39 heavy (non-hydrogen) atoms. The van der Waals surface area contributed by atoms with Crippen molar-refractivity contribution in [2.45, 2.75) is 39.7 Å². The predicted molar refractivity (Wildman–Crippen MR) is 154 cm³/mol. The van der Waals surface area contributed by atoms with Gasteiger partial charge in [0.05, 0.1) is 38.6 Å². The Morgan fingerprint density at radius 2 is 1.62 bits per heavy atom. The number of hydrazone groups is 1. The van der Waals surface area contributed by atoms with E-state index < -0.39 is 0 Å². The topological polar surface area (TPSA) is 73.3 Å². The molecule has 7 nitrogen and oxygen atoms in total. The first-order chi connectivity index (χ1) is 18.9. The maximum Gasteiger partial charge on any atom is 0.242 e. The molecule has 7 heteroatoms. The van der Waals surface area contributed by atoms with E-state index in [2.05, 4.69) is 37.3 Å². The highest BCUT2D eigenvalue weighted by atomic mass is 16.5. The number of carbonyl (C=O) groups excluding carboxylic acids is 1. The van der Waals surface area contributed by atoms with E-state index >= 15 is 0 Å². The number of ether oxygens (including phenoxy) is 3. The molecule has 1 aliphatic heterocycles. The lowest BCUT2D eigenvalue weighted by Gasteiger charge is -2.23. The number of pyridine rings is 1. The molecule has 1 amide bonds. The fourth-order valence-corrected chi connectivity index (χ4v) is 5.36. The third kappa shape index (κ3) is 4.69. The second-order valence-electron chi connectivity index (χ2n) is 9.65. The van der Waals surface area contributed by atoms with Crippen molar-refractivity contribution in [2.24, 2.45) is 5.10 Å². The number of nitrogens with zero attached hydrogens (tertiary/aromatic N) is 3.